The van der Waals surface area contributed by atoms with Gasteiger partial charge in [0.2, 0.25) is 0 Å². The molecule has 0 atom stereocenters. The topological polar surface area (TPSA) is 57.5 Å². The van der Waals surface area contributed by atoms with E-state index >= 15 is 0 Å². The Hall–Kier alpha value is -2.55. The number of carboxylic acids is 1. The molecule has 3 nitrogen and oxygen atoms in total. The van der Waals surface area contributed by atoms with E-state index in [1.165, 1.54) is 17.7 Å². The number of aliphatic carboxylic acids is 1. The highest BCUT2D eigenvalue weighted by atomic mass is 16.4. The molecule has 20 heavy (non-hydrogen) atoms. The molecule has 2 rings (SSSR count). The van der Waals surface area contributed by atoms with Crippen molar-refractivity contribution in [3.05, 3.63) is 65.2 Å². The predicted molar refractivity (Wildman–Crippen MR) is 79.4 cm³/mol. The van der Waals surface area contributed by atoms with Gasteiger partial charge in [-0.3, -0.25) is 0 Å². The van der Waals surface area contributed by atoms with E-state index in [4.69, 9.17) is 0 Å². The third-order valence-corrected chi connectivity index (χ3v) is 3.09. The van der Waals surface area contributed by atoms with Gasteiger partial charge < -0.3 is 10.2 Å². The molecule has 0 saturated carbocycles. The molecule has 3 heteroatoms. The Morgan fingerprint density at radius 3 is 2.40 bits per heavy atom. The minimum absolute atomic E-state index is 0.0518. The van der Waals surface area contributed by atoms with Gasteiger partial charge in [0.05, 0.1) is 5.57 Å². The number of hydrogen-bond acceptors (Lipinski definition) is 2. The smallest absolute Gasteiger partial charge is 0.336 e. The summed E-state index contributed by atoms with van der Waals surface area (Å²) in [4.78, 5) is 11.4. The number of phenols is 1. The minimum atomic E-state index is -1.02. The number of phenolic OH excluding ortho intramolecular Hbond substituents is 1. The monoisotopic (exact) mass is 268 g/mol. The lowest BCUT2D eigenvalue weighted by Gasteiger charge is -2.04. The van der Waals surface area contributed by atoms with Crippen LogP contribution in [0.5, 0.6) is 5.75 Å². The van der Waals surface area contributed by atoms with E-state index in [1.807, 2.05) is 24.3 Å². The van der Waals surface area contributed by atoms with Crippen molar-refractivity contribution in [1.82, 2.24) is 0 Å². The first-order valence-corrected chi connectivity index (χ1v) is 6.43. The molecular weight excluding hydrogens is 252 g/mol. The summed E-state index contributed by atoms with van der Waals surface area (Å²) in [5, 5.41) is 18.8. The first-order chi connectivity index (χ1) is 9.60. The average molecular weight is 268 g/mol. The molecule has 0 unspecified atom stereocenters. The molecule has 2 N–H and O–H groups in total. The van der Waals surface area contributed by atoms with Crippen LogP contribution in [0.15, 0.2) is 48.5 Å². The fraction of sp³-hybridized carbons (Fsp3) is 0.118. The maximum Gasteiger partial charge on any atom is 0.336 e. The van der Waals surface area contributed by atoms with Gasteiger partial charge >= 0.3 is 5.97 Å². The third kappa shape index (κ3) is 3.26. The highest BCUT2D eigenvalue weighted by Crippen LogP contribution is 2.22. The normalized spacial score (nSPS) is 11.3. The number of carbonyl (C=O) groups is 1. The van der Waals surface area contributed by atoms with Crippen LogP contribution in [-0.2, 0) is 11.2 Å². The van der Waals surface area contributed by atoms with Gasteiger partial charge in [-0.1, -0.05) is 43.3 Å². The summed E-state index contributed by atoms with van der Waals surface area (Å²) in [6, 6.07) is 14.0. The lowest BCUT2D eigenvalue weighted by molar-refractivity contribution is -0.130. The van der Waals surface area contributed by atoms with Gasteiger partial charge in [-0.2, -0.15) is 0 Å². The first kappa shape index (κ1) is 13.9. The molecule has 102 valence electrons. The van der Waals surface area contributed by atoms with Crippen LogP contribution in [0, 0.1) is 0 Å². The first-order valence-electron chi connectivity index (χ1n) is 6.43. The number of carboxylic acid groups (broad SMARTS) is 1. The zero-order valence-electron chi connectivity index (χ0n) is 11.2. The molecular formula is C17H16O3. The number of benzene rings is 2. The van der Waals surface area contributed by atoms with E-state index in [0.717, 1.165) is 12.0 Å². The van der Waals surface area contributed by atoms with Crippen molar-refractivity contribution < 1.29 is 15.0 Å². The van der Waals surface area contributed by atoms with Crippen LogP contribution in [0.25, 0.3) is 11.6 Å². The zero-order chi connectivity index (χ0) is 14.5. The molecule has 2 aromatic rings. The highest BCUT2D eigenvalue weighted by Gasteiger charge is 2.10. The van der Waals surface area contributed by atoms with Crippen LogP contribution in [0.4, 0.5) is 0 Å². The van der Waals surface area contributed by atoms with Crippen LogP contribution >= 0.6 is 0 Å². The summed E-state index contributed by atoms with van der Waals surface area (Å²) < 4.78 is 0. The maximum absolute atomic E-state index is 11.4. The molecule has 2 aromatic carbocycles. The Bertz CT molecular complexity index is 640. The van der Waals surface area contributed by atoms with Gasteiger partial charge in [0.15, 0.2) is 0 Å². The highest BCUT2D eigenvalue weighted by molar-refractivity contribution is 6.20. The van der Waals surface area contributed by atoms with E-state index in [-0.39, 0.29) is 11.3 Å². The summed E-state index contributed by atoms with van der Waals surface area (Å²) in [5.41, 5.74) is 2.67. The SMILES string of the molecule is CCc1ccc(/C=C(\C(=O)O)c2cccc(O)c2)cc1. The van der Waals surface area contributed by atoms with Crippen LogP contribution in [0.1, 0.15) is 23.6 Å². The van der Waals surface area contributed by atoms with E-state index in [0.29, 0.717) is 5.56 Å². The van der Waals surface area contributed by atoms with Crippen LogP contribution in [0.3, 0.4) is 0 Å². The maximum atomic E-state index is 11.4. The predicted octanol–water partition coefficient (Wildman–Crippen LogP) is 3.58. The molecule has 0 spiro atoms. The summed E-state index contributed by atoms with van der Waals surface area (Å²) in [6.07, 6.45) is 2.55. The molecule has 0 fully saturated rings. The molecule has 0 bridgehead atoms. The Balaban J connectivity index is 2.42. The molecule has 0 aliphatic rings. The number of hydrogen-bond donors (Lipinski definition) is 2. The summed E-state index contributed by atoms with van der Waals surface area (Å²) >= 11 is 0. The Morgan fingerprint density at radius 2 is 1.85 bits per heavy atom. The zero-order valence-corrected chi connectivity index (χ0v) is 11.2. The van der Waals surface area contributed by atoms with E-state index in [2.05, 4.69) is 6.92 Å². The van der Waals surface area contributed by atoms with Crippen molar-refractivity contribution >= 4 is 17.6 Å². The van der Waals surface area contributed by atoms with Crippen molar-refractivity contribution in [2.24, 2.45) is 0 Å². The van der Waals surface area contributed by atoms with Gasteiger partial charge in [0, 0.05) is 0 Å². The molecule has 0 saturated heterocycles. The third-order valence-electron chi connectivity index (χ3n) is 3.09. The molecule has 0 aliphatic carbocycles. The lowest BCUT2D eigenvalue weighted by atomic mass is 10.0. The van der Waals surface area contributed by atoms with Gasteiger partial charge in [-0.25, -0.2) is 4.79 Å². The molecule has 0 heterocycles. The molecule has 0 aliphatic heterocycles. The van der Waals surface area contributed by atoms with Crippen molar-refractivity contribution in [2.45, 2.75) is 13.3 Å². The van der Waals surface area contributed by atoms with Crippen molar-refractivity contribution in [1.29, 1.82) is 0 Å². The van der Waals surface area contributed by atoms with E-state index in [1.54, 1.807) is 18.2 Å². The van der Waals surface area contributed by atoms with E-state index in [9.17, 15) is 15.0 Å². The second-order valence-electron chi connectivity index (χ2n) is 4.51. The minimum Gasteiger partial charge on any atom is -0.508 e. The number of aromatic hydroxyl groups is 1. The van der Waals surface area contributed by atoms with E-state index < -0.39 is 5.97 Å². The van der Waals surface area contributed by atoms with Crippen molar-refractivity contribution in [3.63, 3.8) is 0 Å². The van der Waals surface area contributed by atoms with Crippen LogP contribution < -0.4 is 0 Å². The van der Waals surface area contributed by atoms with Gasteiger partial charge in [-0.15, -0.1) is 0 Å². The van der Waals surface area contributed by atoms with Crippen LogP contribution in [0.2, 0.25) is 0 Å². The van der Waals surface area contributed by atoms with Crippen LogP contribution in [-0.4, -0.2) is 16.2 Å². The van der Waals surface area contributed by atoms with Crippen molar-refractivity contribution in [2.75, 3.05) is 0 Å². The average Bonchev–Trinajstić information content (AvgIpc) is 2.45. The second-order valence-corrected chi connectivity index (χ2v) is 4.51. The fourth-order valence-electron chi connectivity index (χ4n) is 1.96. The summed E-state index contributed by atoms with van der Waals surface area (Å²) in [6.45, 7) is 2.07. The molecule has 0 amide bonds. The van der Waals surface area contributed by atoms with Gasteiger partial charge in [0.1, 0.15) is 5.75 Å². The van der Waals surface area contributed by atoms with Crippen molar-refractivity contribution in [3.8, 4) is 5.75 Å². The standard InChI is InChI=1S/C17H16O3/c1-2-12-6-8-13(9-7-12)10-16(17(19)20)14-4-3-5-15(18)11-14/h3-11,18H,2H2,1H3,(H,19,20)/b16-10-. The quantitative estimate of drug-likeness (QED) is 0.658. The summed E-state index contributed by atoms with van der Waals surface area (Å²) in [7, 11) is 0. The second kappa shape index (κ2) is 6.06. The Labute approximate surface area is 117 Å². The number of rotatable bonds is 4. The molecule has 0 radical (unpaired) electrons. The molecule has 0 aromatic heterocycles. The Kier molecular flexibility index (Phi) is 4.20. The Morgan fingerprint density at radius 1 is 1.15 bits per heavy atom. The van der Waals surface area contributed by atoms with Gasteiger partial charge in [-0.05, 0) is 41.3 Å². The lowest BCUT2D eigenvalue weighted by Crippen LogP contribution is -1.99. The fourth-order valence-corrected chi connectivity index (χ4v) is 1.96. The van der Waals surface area contributed by atoms with Gasteiger partial charge in [0.25, 0.3) is 0 Å². The number of aryl methyl sites for hydroxylation is 1. The largest absolute Gasteiger partial charge is 0.508 e. The summed E-state index contributed by atoms with van der Waals surface area (Å²) in [5.74, 6) is -0.967.